The first-order valence-electron chi connectivity index (χ1n) is 11.0. The van der Waals surface area contributed by atoms with Crippen LogP contribution in [0.1, 0.15) is 18.1 Å². The minimum absolute atomic E-state index is 0.157. The van der Waals surface area contributed by atoms with Gasteiger partial charge in [-0.2, -0.15) is 0 Å². The third kappa shape index (κ3) is 4.83. The number of likely N-dealkylation sites (tertiary alicyclic amines) is 1. The van der Waals surface area contributed by atoms with Gasteiger partial charge in [0, 0.05) is 19.6 Å². The number of hydrogen-bond donors (Lipinski definition) is 0. The Morgan fingerprint density at radius 3 is 2.25 bits per heavy atom. The molecule has 3 atom stereocenters. The molecule has 2 aliphatic rings. The maximum absolute atomic E-state index is 13.6. The molecular formula is C25H28N2O5. The smallest absolute Gasteiger partial charge is 0.416 e. The van der Waals surface area contributed by atoms with E-state index < -0.39 is 23.9 Å². The average Bonchev–Trinajstić information content (AvgIpc) is 3.38. The van der Waals surface area contributed by atoms with Crippen molar-refractivity contribution >= 4 is 18.0 Å². The minimum atomic E-state index is -0.651. The zero-order chi connectivity index (χ0) is 22.5. The lowest BCUT2D eigenvalue weighted by Crippen LogP contribution is -2.46. The van der Waals surface area contributed by atoms with Gasteiger partial charge >= 0.3 is 12.1 Å². The second-order valence-electron chi connectivity index (χ2n) is 8.27. The number of carbonyl (C=O) groups excluding carboxylic acids is 3. The lowest BCUT2D eigenvalue weighted by atomic mass is 9.93. The number of nitrogens with zero attached hydrogens (tertiary/aromatic N) is 2. The molecule has 2 fully saturated rings. The Bertz CT molecular complexity index is 949. The van der Waals surface area contributed by atoms with Crippen molar-refractivity contribution in [3.05, 3.63) is 71.8 Å². The monoisotopic (exact) mass is 436 g/mol. The number of benzene rings is 2. The van der Waals surface area contributed by atoms with Crippen molar-refractivity contribution in [2.45, 2.75) is 25.9 Å². The molecule has 2 aromatic rings. The Kier molecular flexibility index (Phi) is 6.85. The first kappa shape index (κ1) is 22.0. The highest BCUT2D eigenvalue weighted by Gasteiger charge is 2.48. The number of cyclic esters (lactones) is 1. The Balaban J connectivity index is 1.52. The van der Waals surface area contributed by atoms with Gasteiger partial charge in [0.2, 0.25) is 5.91 Å². The summed E-state index contributed by atoms with van der Waals surface area (Å²) >= 11 is 0. The predicted molar refractivity (Wildman–Crippen MR) is 117 cm³/mol. The molecule has 7 nitrogen and oxygen atoms in total. The van der Waals surface area contributed by atoms with E-state index in [1.165, 1.54) is 4.90 Å². The van der Waals surface area contributed by atoms with Crippen molar-refractivity contribution in [2.24, 2.45) is 11.8 Å². The largest absolute Gasteiger partial charge is 0.466 e. The van der Waals surface area contributed by atoms with Gasteiger partial charge in [0.15, 0.2) is 0 Å². The van der Waals surface area contributed by atoms with Gasteiger partial charge in [-0.25, -0.2) is 9.69 Å². The zero-order valence-electron chi connectivity index (χ0n) is 18.2. The van der Waals surface area contributed by atoms with E-state index in [0.29, 0.717) is 26.1 Å². The molecular weight excluding hydrogens is 408 g/mol. The van der Waals surface area contributed by atoms with Crippen LogP contribution in [0.2, 0.25) is 0 Å². The van der Waals surface area contributed by atoms with Gasteiger partial charge in [-0.3, -0.25) is 14.5 Å². The van der Waals surface area contributed by atoms with Crippen molar-refractivity contribution in [3.8, 4) is 0 Å². The quantitative estimate of drug-likeness (QED) is 0.622. The molecule has 0 N–H and O–H groups in total. The molecule has 0 spiro atoms. The number of rotatable bonds is 7. The number of amides is 2. The predicted octanol–water partition coefficient (Wildman–Crippen LogP) is 2.89. The van der Waals surface area contributed by atoms with Crippen molar-refractivity contribution in [1.82, 2.24) is 9.80 Å². The molecule has 2 heterocycles. The summed E-state index contributed by atoms with van der Waals surface area (Å²) in [5, 5.41) is 0. The van der Waals surface area contributed by atoms with E-state index >= 15 is 0 Å². The van der Waals surface area contributed by atoms with Crippen molar-refractivity contribution in [3.63, 3.8) is 0 Å². The molecule has 2 amide bonds. The van der Waals surface area contributed by atoms with Crippen LogP contribution in [0, 0.1) is 11.8 Å². The minimum Gasteiger partial charge on any atom is -0.466 e. The van der Waals surface area contributed by atoms with Crippen LogP contribution in [0.15, 0.2) is 60.7 Å². The van der Waals surface area contributed by atoms with E-state index in [0.717, 1.165) is 11.1 Å². The molecule has 0 saturated carbocycles. The lowest BCUT2D eigenvalue weighted by Gasteiger charge is -2.25. The van der Waals surface area contributed by atoms with Gasteiger partial charge in [0.1, 0.15) is 6.61 Å². The van der Waals surface area contributed by atoms with Crippen LogP contribution < -0.4 is 0 Å². The Morgan fingerprint density at radius 1 is 0.969 bits per heavy atom. The van der Waals surface area contributed by atoms with E-state index in [-0.39, 0.29) is 25.2 Å². The fourth-order valence-corrected chi connectivity index (χ4v) is 4.54. The van der Waals surface area contributed by atoms with Crippen LogP contribution in [0.3, 0.4) is 0 Å². The van der Waals surface area contributed by atoms with Gasteiger partial charge in [-0.1, -0.05) is 60.7 Å². The number of ether oxygens (including phenoxy) is 2. The molecule has 2 aromatic carbocycles. The van der Waals surface area contributed by atoms with Crippen molar-refractivity contribution in [1.29, 1.82) is 0 Å². The molecule has 2 saturated heterocycles. The molecule has 4 rings (SSSR count). The Morgan fingerprint density at radius 2 is 1.59 bits per heavy atom. The van der Waals surface area contributed by atoms with Crippen LogP contribution in [-0.2, 0) is 32.0 Å². The maximum atomic E-state index is 13.6. The summed E-state index contributed by atoms with van der Waals surface area (Å²) < 4.78 is 10.5. The summed E-state index contributed by atoms with van der Waals surface area (Å²) in [6.07, 6.45) is -0.122. The standard InChI is InChI=1S/C25H28N2O5/c1-2-31-24(29)22-16-26(14-19-11-7-4-8-12-19)15-21(22)23(28)27-20(17-32-25(27)30)13-18-9-5-3-6-10-18/h3-12,20-22H,2,13-17H2,1H3/t20?,21-,22-/m1/s1. The second kappa shape index (κ2) is 9.96. The fraction of sp³-hybridized carbons (Fsp3) is 0.400. The maximum Gasteiger partial charge on any atom is 0.416 e. The summed E-state index contributed by atoms with van der Waals surface area (Å²) in [6, 6.07) is 19.2. The van der Waals surface area contributed by atoms with Crippen LogP contribution >= 0.6 is 0 Å². The molecule has 0 aromatic heterocycles. The molecule has 0 bridgehead atoms. The van der Waals surface area contributed by atoms with Crippen molar-refractivity contribution < 1.29 is 23.9 Å². The number of esters is 1. The van der Waals surface area contributed by atoms with E-state index in [4.69, 9.17) is 9.47 Å². The second-order valence-corrected chi connectivity index (χ2v) is 8.27. The summed E-state index contributed by atoms with van der Waals surface area (Å²) in [4.78, 5) is 42.1. The highest BCUT2D eigenvalue weighted by molar-refractivity contribution is 5.97. The van der Waals surface area contributed by atoms with E-state index in [1.807, 2.05) is 60.7 Å². The number of imide groups is 1. The Labute approximate surface area is 187 Å². The van der Waals surface area contributed by atoms with Crippen LogP contribution in [0.25, 0.3) is 0 Å². The average molecular weight is 437 g/mol. The van der Waals surface area contributed by atoms with Gasteiger partial charge in [-0.05, 0) is 24.5 Å². The first-order chi connectivity index (χ1) is 15.6. The number of hydrogen-bond acceptors (Lipinski definition) is 6. The molecule has 168 valence electrons. The third-order valence-electron chi connectivity index (χ3n) is 6.06. The summed E-state index contributed by atoms with van der Waals surface area (Å²) in [6.45, 7) is 3.58. The van der Waals surface area contributed by atoms with Gasteiger partial charge in [0.05, 0.1) is 24.5 Å². The molecule has 0 radical (unpaired) electrons. The highest BCUT2D eigenvalue weighted by atomic mass is 16.6. The third-order valence-corrected chi connectivity index (χ3v) is 6.06. The van der Waals surface area contributed by atoms with Gasteiger partial charge in [-0.15, -0.1) is 0 Å². The first-order valence-corrected chi connectivity index (χ1v) is 11.0. The molecule has 32 heavy (non-hydrogen) atoms. The summed E-state index contributed by atoms with van der Waals surface area (Å²) in [7, 11) is 0. The van der Waals surface area contributed by atoms with Gasteiger partial charge < -0.3 is 9.47 Å². The highest BCUT2D eigenvalue weighted by Crippen LogP contribution is 2.30. The SMILES string of the molecule is CCOC(=O)[C@@H]1CN(Cc2ccccc2)C[C@H]1C(=O)N1C(=O)OCC1Cc1ccccc1. The van der Waals surface area contributed by atoms with E-state index in [2.05, 4.69) is 4.90 Å². The summed E-state index contributed by atoms with van der Waals surface area (Å²) in [5.41, 5.74) is 2.12. The topological polar surface area (TPSA) is 76.2 Å². The molecule has 2 aliphatic heterocycles. The van der Waals surface area contributed by atoms with Crippen LogP contribution in [0.4, 0.5) is 4.79 Å². The normalized spacial score (nSPS) is 23.2. The fourth-order valence-electron chi connectivity index (χ4n) is 4.54. The molecule has 7 heteroatoms. The lowest BCUT2D eigenvalue weighted by molar-refractivity contribution is -0.152. The van der Waals surface area contributed by atoms with Crippen molar-refractivity contribution in [2.75, 3.05) is 26.3 Å². The van der Waals surface area contributed by atoms with Crippen LogP contribution in [-0.4, -0.2) is 60.1 Å². The van der Waals surface area contributed by atoms with Crippen LogP contribution in [0.5, 0.6) is 0 Å². The molecule has 1 unspecified atom stereocenters. The zero-order valence-corrected chi connectivity index (χ0v) is 18.2. The molecule has 0 aliphatic carbocycles. The van der Waals surface area contributed by atoms with E-state index in [1.54, 1.807) is 6.92 Å². The Hall–Kier alpha value is -3.19. The number of carbonyl (C=O) groups is 3. The van der Waals surface area contributed by atoms with E-state index in [9.17, 15) is 14.4 Å². The van der Waals surface area contributed by atoms with Gasteiger partial charge in [0.25, 0.3) is 0 Å². The summed E-state index contributed by atoms with van der Waals surface area (Å²) in [5.74, 6) is -2.02.